The molecule has 0 aromatic heterocycles. The van der Waals surface area contributed by atoms with Gasteiger partial charge in [0.1, 0.15) is 0 Å². The molecule has 0 radical (unpaired) electrons. The van der Waals surface area contributed by atoms with Crippen LogP contribution in [0.4, 0.5) is 4.79 Å². The maximum atomic E-state index is 11.9. The number of rotatable bonds is 2. The van der Waals surface area contributed by atoms with Crippen molar-refractivity contribution in [2.75, 3.05) is 0 Å². The number of benzene rings is 1. The maximum absolute atomic E-state index is 11.9. The molecule has 102 valence electrons. The summed E-state index contributed by atoms with van der Waals surface area (Å²) in [6.45, 7) is 10.1. The maximum Gasteiger partial charge on any atom is 0.285 e. The molecule has 0 aliphatic heterocycles. The molecule has 0 heterocycles. The zero-order valence-corrected chi connectivity index (χ0v) is 13.0. The molecule has 2 nitrogen and oxygen atoms in total. The summed E-state index contributed by atoms with van der Waals surface area (Å²) in [6, 6.07) is 8.03. The molecule has 1 N–H and O–H groups in total. The molecule has 1 aromatic carbocycles. The lowest BCUT2D eigenvalue weighted by Gasteiger charge is -2.21. The SMILES string of the molecule is C#CC(C)(C)NC(=O)Sc1cccc(C(C)(C)C)c1. The van der Waals surface area contributed by atoms with Gasteiger partial charge in [-0.1, -0.05) is 38.8 Å². The first-order valence-electron chi connectivity index (χ1n) is 6.22. The molecule has 1 aromatic rings. The topological polar surface area (TPSA) is 29.1 Å². The lowest BCUT2D eigenvalue weighted by Crippen LogP contribution is -2.39. The fraction of sp³-hybridized carbons (Fsp3) is 0.438. The van der Waals surface area contributed by atoms with Gasteiger partial charge < -0.3 is 5.32 Å². The molecule has 0 unspecified atom stereocenters. The number of carbonyl (C=O) groups is 1. The number of nitrogens with one attached hydrogen (secondary N) is 1. The van der Waals surface area contributed by atoms with Crippen molar-refractivity contribution in [2.45, 2.75) is 50.5 Å². The van der Waals surface area contributed by atoms with Gasteiger partial charge in [0.25, 0.3) is 5.24 Å². The molecule has 0 atom stereocenters. The first kappa shape index (κ1) is 15.7. The third kappa shape index (κ3) is 5.00. The van der Waals surface area contributed by atoms with E-state index in [-0.39, 0.29) is 10.7 Å². The molecule has 0 aliphatic rings. The summed E-state index contributed by atoms with van der Waals surface area (Å²) >= 11 is 1.17. The number of amides is 1. The normalized spacial score (nSPS) is 11.8. The van der Waals surface area contributed by atoms with Crippen LogP contribution in [0.15, 0.2) is 29.2 Å². The van der Waals surface area contributed by atoms with E-state index >= 15 is 0 Å². The molecule has 0 fully saturated rings. The van der Waals surface area contributed by atoms with E-state index in [2.05, 4.69) is 38.1 Å². The van der Waals surface area contributed by atoms with Gasteiger partial charge in [0.05, 0.1) is 5.54 Å². The van der Waals surface area contributed by atoms with E-state index < -0.39 is 5.54 Å². The molecule has 1 amide bonds. The largest absolute Gasteiger partial charge is 0.331 e. The number of terminal acetylenes is 1. The van der Waals surface area contributed by atoms with Crippen LogP contribution in [0.5, 0.6) is 0 Å². The Hall–Kier alpha value is -1.40. The predicted molar refractivity (Wildman–Crippen MR) is 82.4 cm³/mol. The van der Waals surface area contributed by atoms with Gasteiger partial charge in [-0.2, -0.15) is 0 Å². The van der Waals surface area contributed by atoms with Crippen LogP contribution in [0.2, 0.25) is 0 Å². The van der Waals surface area contributed by atoms with Crippen LogP contribution in [0.25, 0.3) is 0 Å². The number of hydrogen-bond donors (Lipinski definition) is 1. The number of thioether (sulfide) groups is 1. The van der Waals surface area contributed by atoms with E-state index in [4.69, 9.17) is 6.42 Å². The van der Waals surface area contributed by atoms with Crippen molar-refractivity contribution >= 4 is 17.0 Å². The Bertz CT molecular complexity index is 506. The van der Waals surface area contributed by atoms with Crippen LogP contribution >= 0.6 is 11.8 Å². The van der Waals surface area contributed by atoms with Crippen LogP contribution in [-0.4, -0.2) is 10.8 Å². The van der Waals surface area contributed by atoms with E-state index in [1.807, 2.05) is 18.2 Å². The minimum Gasteiger partial charge on any atom is -0.331 e. The minimum atomic E-state index is -0.619. The Morgan fingerprint density at radius 1 is 1.26 bits per heavy atom. The number of carbonyl (C=O) groups excluding carboxylic acids is 1. The molecular weight excluding hydrogens is 254 g/mol. The standard InChI is InChI=1S/C16H21NOS/c1-7-16(5,6)17-14(18)19-13-10-8-9-12(11-13)15(2,3)4/h1,8-11H,2-6H3,(H,17,18). The Kier molecular flexibility index (Phi) is 4.70. The Balaban J connectivity index is 2.79. The van der Waals surface area contributed by atoms with Gasteiger partial charge >= 0.3 is 0 Å². The second-order valence-corrected chi connectivity index (χ2v) is 7.11. The minimum absolute atomic E-state index is 0.0745. The number of hydrogen-bond acceptors (Lipinski definition) is 2. The third-order valence-electron chi connectivity index (χ3n) is 2.69. The zero-order valence-electron chi connectivity index (χ0n) is 12.2. The summed E-state index contributed by atoms with van der Waals surface area (Å²) in [5.41, 5.74) is 0.665. The predicted octanol–water partition coefficient (Wildman–Crippen LogP) is 4.20. The fourth-order valence-electron chi connectivity index (χ4n) is 1.45. The Morgan fingerprint density at radius 2 is 1.89 bits per heavy atom. The van der Waals surface area contributed by atoms with Gasteiger partial charge in [0, 0.05) is 4.90 Å². The fourth-order valence-corrected chi connectivity index (χ4v) is 2.30. The summed E-state index contributed by atoms with van der Waals surface area (Å²) in [5, 5.41) is 2.67. The van der Waals surface area contributed by atoms with E-state index in [0.717, 1.165) is 4.90 Å². The average molecular weight is 275 g/mol. The van der Waals surface area contributed by atoms with Gasteiger partial charge in [0.2, 0.25) is 0 Å². The van der Waals surface area contributed by atoms with E-state index in [1.165, 1.54) is 17.3 Å². The summed E-state index contributed by atoms with van der Waals surface area (Å²) in [6.07, 6.45) is 5.36. The highest BCUT2D eigenvalue weighted by Crippen LogP contribution is 2.27. The van der Waals surface area contributed by atoms with Gasteiger partial charge in [-0.05, 0) is 48.7 Å². The van der Waals surface area contributed by atoms with E-state index in [9.17, 15) is 4.79 Å². The zero-order chi connectivity index (χ0) is 14.7. The summed E-state index contributed by atoms with van der Waals surface area (Å²) in [7, 11) is 0. The molecule has 0 spiro atoms. The second-order valence-electron chi connectivity index (χ2n) is 6.06. The average Bonchev–Trinajstić information content (AvgIpc) is 2.27. The van der Waals surface area contributed by atoms with Crippen molar-refractivity contribution in [3.63, 3.8) is 0 Å². The summed E-state index contributed by atoms with van der Waals surface area (Å²) < 4.78 is 0. The van der Waals surface area contributed by atoms with Crippen LogP contribution in [0, 0.1) is 12.3 Å². The van der Waals surface area contributed by atoms with Crippen LogP contribution in [0.1, 0.15) is 40.2 Å². The molecule has 19 heavy (non-hydrogen) atoms. The molecule has 0 bridgehead atoms. The lowest BCUT2D eigenvalue weighted by atomic mass is 9.87. The summed E-state index contributed by atoms with van der Waals surface area (Å²) in [4.78, 5) is 12.8. The van der Waals surface area contributed by atoms with Crippen LogP contribution in [-0.2, 0) is 5.41 Å². The molecule has 0 saturated heterocycles. The molecular formula is C16H21NOS. The van der Waals surface area contributed by atoms with Gasteiger partial charge in [-0.25, -0.2) is 0 Å². The van der Waals surface area contributed by atoms with E-state index in [1.54, 1.807) is 13.8 Å². The second kappa shape index (κ2) is 5.71. The van der Waals surface area contributed by atoms with Crippen molar-refractivity contribution in [3.8, 4) is 12.3 Å². The third-order valence-corrected chi connectivity index (χ3v) is 3.46. The van der Waals surface area contributed by atoms with Gasteiger partial charge in [0.15, 0.2) is 0 Å². The highest BCUT2D eigenvalue weighted by Gasteiger charge is 2.19. The monoisotopic (exact) mass is 275 g/mol. The van der Waals surface area contributed by atoms with Crippen molar-refractivity contribution in [2.24, 2.45) is 0 Å². The lowest BCUT2D eigenvalue weighted by molar-refractivity contribution is 0.256. The van der Waals surface area contributed by atoms with E-state index in [0.29, 0.717) is 0 Å². The first-order valence-corrected chi connectivity index (χ1v) is 7.04. The molecule has 3 heteroatoms. The highest BCUT2D eigenvalue weighted by atomic mass is 32.2. The Labute approximate surface area is 120 Å². The van der Waals surface area contributed by atoms with Crippen molar-refractivity contribution in [1.82, 2.24) is 5.32 Å². The van der Waals surface area contributed by atoms with Crippen molar-refractivity contribution in [3.05, 3.63) is 29.8 Å². The van der Waals surface area contributed by atoms with Crippen LogP contribution < -0.4 is 5.32 Å². The molecule has 1 rings (SSSR count). The smallest absolute Gasteiger partial charge is 0.285 e. The summed E-state index contributed by atoms with van der Waals surface area (Å²) in [5.74, 6) is 2.55. The van der Waals surface area contributed by atoms with Gasteiger partial charge in [-0.3, -0.25) is 4.79 Å². The highest BCUT2D eigenvalue weighted by molar-refractivity contribution is 8.13. The Morgan fingerprint density at radius 3 is 2.42 bits per heavy atom. The van der Waals surface area contributed by atoms with Gasteiger partial charge in [-0.15, -0.1) is 6.42 Å². The molecule has 0 saturated carbocycles. The van der Waals surface area contributed by atoms with Crippen LogP contribution in [0.3, 0.4) is 0 Å². The first-order chi connectivity index (χ1) is 8.64. The van der Waals surface area contributed by atoms with Crippen molar-refractivity contribution in [1.29, 1.82) is 0 Å². The quantitative estimate of drug-likeness (QED) is 0.647. The molecule has 0 aliphatic carbocycles. The van der Waals surface area contributed by atoms with Crippen molar-refractivity contribution < 1.29 is 4.79 Å².